The van der Waals surface area contributed by atoms with Crippen LogP contribution < -0.4 is 5.32 Å². The molecule has 8 nitrogen and oxygen atoms in total. The number of hydrogen-bond acceptors (Lipinski definition) is 6. The Kier molecular flexibility index (Phi) is 14.2. The fraction of sp³-hybridized carbons (Fsp3) is 0.325. The van der Waals surface area contributed by atoms with Gasteiger partial charge in [0.05, 0.1) is 20.1 Å². The highest BCUT2D eigenvalue weighted by Crippen LogP contribution is 2.20. The number of unbranched alkanes of at least 4 members (excludes halogenated alkanes) is 1. The summed E-state index contributed by atoms with van der Waals surface area (Å²) in [5.74, 6) is -1.54. The quantitative estimate of drug-likeness (QED) is 0.128. The molecular weight excluding hydrogens is 602 g/mol. The molecule has 4 rings (SSSR count). The standard InChI is InChI=1S/C40H47N3O5/c1-4-5-25-43(40(46)41-37(39(45)48-3)26-31-21-23-35(24-22-31)34-19-13-8-14-20-34)30-36(38(44)47-2)29-42(27-32-15-9-6-10-16-32)28-33-17-11-7-12-18-33/h6-24,36-37H,4-5,25-30H2,1-3H3,(H,41,46)/t36-,37-/m0/s1. The van der Waals surface area contributed by atoms with Gasteiger partial charge in [-0.25, -0.2) is 9.59 Å². The van der Waals surface area contributed by atoms with Gasteiger partial charge in [0.25, 0.3) is 0 Å². The third kappa shape index (κ3) is 11.1. The number of esters is 2. The van der Waals surface area contributed by atoms with Gasteiger partial charge < -0.3 is 19.7 Å². The molecule has 0 saturated heterocycles. The second-order valence-electron chi connectivity index (χ2n) is 12.0. The molecular formula is C40H47N3O5. The number of hydrogen-bond donors (Lipinski definition) is 1. The van der Waals surface area contributed by atoms with Gasteiger partial charge in [0.1, 0.15) is 6.04 Å². The predicted octanol–water partition coefficient (Wildman–Crippen LogP) is 6.74. The zero-order chi connectivity index (χ0) is 34.1. The SMILES string of the molecule is CCCCN(C[C@H](CN(Cc1ccccc1)Cc1ccccc1)C(=O)OC)C(=O)N[C@@H](Cc1ccc(-c2ccccc2)cc1)C(=O)OC. The lowest BCUT2D eigenvalue weighted by Gasteiger charge is -2.31. The fourth-order valence-corrected chi connectivity index (χ4v) is 5.72. The first-order valence-electron chi connectivity index (χ1n) is 16.6. The molecule has 48 heavy (non-hydrogen) atoms. The third-order valence-electron chi connectivity index (χ3n) is 8.30. The van der Waals surface area contributed by atoms with Gasteiger partial charge in [-0.3, -0.25) is 9.69 Å². The number of amides is 2. The smallest absolute Gasteiger partial charge is 0.328 e. The molecule has 0 fully saturated rings. The van der Waals surface area contributed by atoms with Crippen LogP contribution in [0.5, 0.6) is 0 Å². The van der Waals surface area contributed by atoms with Crippen molar-refractivity contribution in [2.75, 3.05) is 33.9 Å². The highest BCUT2D eigenvalue weighted by molar-refractivity contribution is 5.84. The van der Waals surface area contributed by atoms with Crippen molar-refractivity contribution >= 4 is 18.0 Å². The molecule has 0 heterocycles. The lowest BCUT2D eigenvalue weighted by molar-refractivity contribution is -0.147. The molecule has 0 unspecified atom stereocenters. The highest BCUT2D eigenvalue weighted by Gasteiger charge is 2.30. The molecule has 252 valence electrons. The molecule has 0 bridgehead atoms. The number of nitrogens with zero attached hydrogens (tertiary/aromatic N) is 2. The van der Waals surface area contributed by atoms with Gasteiger partial charge in [0.15, 0.2) is 0 Å². The second-order valence-corrected chi connectivity index (χ2v) is 12.0. The predicted molar refractivity (Wildman–Crippen MR) is 189 cm³/mol. The average molecular weight is 650 g/mol. The number of carbonyl (C=O) groups excluding carboxylic acids is 3. The van der Waals surface area contributed by atoms with Crippen LogP contribution in [0, 0.1) is 5.92 Å². The Balaban J connectivity index is 1.51. The Labute approximate surface area is 284 Å². The number of carbonyl (C=O) groups is 3. The average Bonchev–Trinajstić information content (AvgIpc) is 3.13. The molecule has 0 aromatic heterocycles. The van der Waals surface area contributed by atoms with E-state index in [1.807, 2.05) is 97.9 Å². The highest BCUT2D eigenvalue weighted by atomic mass is 16.5. The van der Waals surface area contributed by atoms with Crippen LogP contribution in [-0.4, -0.2) is 67.7 Å². The number of urea groups is 1. The van der Waals surface area contributed by atoms with Crippen LogP contribution in [0.3, 0.4) is 0 Å². The molecule has 4 aromatic carbocycles. The summed E-state index contributed by atoms with van der Waals surface area (Å²) in [6.45, 7) is 4.23. The van der Waals surface area contributed by atoms with E-state index >= 15 is 0 Å². The normalized spacial score (nSPS) is 12.2. The van der Waals surface area contributed by atoms with Crippen molar-refractivity contribution in [2.45, 2.75) is 45.3 Å². The minimum Gasteiger partial charge on any atom is -0.469 e. The van der Waals surface area contributed by atoms with Crippen LogP contribution in [0.1, 0.15) is 36.5 Å². The number of ether oxygens (including phenoxy) is 2. The maximum atomic E-state index is 13.9. The summed E-state index contributed by atoms with van der Waals surface area (Å²) in [4.78, 5) is 43.9. The Morgan fingerprint density at radius 2 is 1.17 bits per heavy atom. The number of nitrogens with one attached hydrogen (secondary N) is 1. The first kappa shape index (κ1) is 35.9. The van der Waals surface area contributed by atoms with E-state index in [4.69, 9.17) is 9.47 Å². The van der Waals surface area contributed by atoms with E-state index < -0.39 is 29.9 Å². The van der Waals surface area contributed by atoms with E-state index in [0.29, 0.717) is 26.2 Å². The van der Waals surface area contributed by atoms with E-state index in [0.717, 1.165) is 40.7 Å². The van der Waals surface area contributed by atoms with Crippen molar-refractivity contribution in [2.24, 2.45) is 5.92 Å². The number of methoxy groups -OCH3 is 2. The number of rotatable bonds is 17. The maximum absolute atomic E-state index is 13.9. The van der Waals surface area contributed by atoms with Crippen LogP contribution in [0.4, 0.5) is 4.79 Å². The molecule has 2 atom stereocenters. The summed E-state index contributed by atoms with van der Waals surface area (Å²) in [6, 6.07) is 36.9. The Morgan fingerprint density at radius 1 is 0.646 bits per heavy atom. The van der Waals surface area contributed by atoms with Gasteiger partial charge in [-0.2, -0.15) is 0 Å². The first-order chi connectivity index (χ1) is 23.4. The van der Waals surface area contributed by atoms with Crippen molar-refractivity contribution < 1.29 is 23.9 Å². The van der Waals surface area contributed by atoms with E-state index in [9.17, 15) is 14.4 Å². The topological polar surface area (TPSA) is 88.2 Å². The van der Waals surface area contributed by atoms with Gasteiger partial charge in [0.2, 0.25) is 0 Å². The summed E-state index contributed by atoms with van der Waals surface area (Å²) < 4.78 is 10.3. The second kappa shape index (κ2) is 19.0. The summed E-state index contributed by atoms with van der Waals surface area (Å²) in [5.41, 5.74) is 5.28. The molecule has 8 heteroatoms. The molecule has 0 aliphatic heterocycles. The van der Waals surface area contributed by atoms with Crippen LogP contribution in [-0.2, 0) is 38.6 Å². The van der Waals surface area contributed by atoms with Gasteiger partial charge in [0, 0.05) is 39.1 Å². The molecule has 0 aliphatic carbocycles. The largest absolute Gasteiger partial charge is 0.469 e. The third-order valence-corrected chi connectivity index (χ3v) is 8.30. The van der Waals surface area contributed by atoms with Crippen LogP contribution >= 0.6 is 0 Å². The molecule has 0 radical (unpaired) electrons. The van der Waals surface area contributed by atoms with Crippen molar-refractivity contribution in [3.05, 3.63) is 132 Å². The Hall–Kier alpha value is -4.95. The minimum atomic E-state index is -0.904. The Morgan fingerprint density at radius 3 is 1.69 bits per heavy atom. The van der Waals surface area contributed by atoms with E-state index in [2.05, 4.69) is 34.5 Å². The fourth-order valence-electron chi connectivity index (χ4n) is 5.72. The maximum Gasteiger partial charge on any atom is 0.328 e. The van der Waals surface area contributed by atoms with Gasteiger partial charge >= 0.3 is 18.0 Å². The van der Waals surface area contributed by atoms with E-state index in [1.165, 1.54) is 14.2 Å². The van der Waals surface area contributed by atoms with Gasteiger partial charge in [-0.05, 0) is 34.2 Å². The summed E-state index contributed by atoms with van der Waals surface area (Å²) in [6.07, 6.45) is 1.86. The van der Waals surface area contributed by atoms with Crippen molar-refractivity contribution in [1.29, 1.82) is 0 Å². The summed E-state index contributed by atoms with van der Waals surface area (Å²) in [5, 5.41) is 2.91. The zero-order valence-electron chi connectivity index (χ0n) is 28.2. The van der Waals surface area contributed by atoms with Crippen LogP contribution in [0.25, 0.3) is 11.1 Å². The Bertz CT molecular complexity index is 1510. The molecule has 2 amide bonds. The first-order valence-corrected chi connectivity index (χ1v) is 16.6. The molecule has 0 spiro atoms. The van der Waals surface area contributed by atoms with Gasteiger partial charge in [-0.15, -0.1) is 0 Å². The minimum absolute atomic E-state index is 0.137. The molecule has 0 aliphatic rings. The zero-order valence-corrected chi connectivity index (χ0v) is 28.2. The number of benzene rings is 4. The molecule has 1 N–H and O–H groups in total. The lowest BCUT2D eigenvalue weighted by atomic mass is 10.0. The monoisotopic (exact) mass is 649 g/mol. The van der Waals surface area contributed by atoms with Gasteiger partial charge in [-0.1, -0.05) is 129 Å². The van der Waals surface area contributed by atoms with E-state index in [1.54, 1.807) is 4.90 Å². The van der Waals surface area contributed by atoms with Crippen molar-refractivity contribution in [3.8, 4) is 11.1 Å². The summed E-state index contributed by atoms with van der Waals surface area (Å²) in [7, 11) is 2.69. The van der Waals surface area contributed by atoms with Crippen molar-refractivity contribution in [1.82, 2.24) is 15.1 Å². The van der Waals surface area contributed by atoms with Crippen LogP contribution in [0.15, 0.2) is 115 Å². The van der Waals surface area contributed by atoms with E-state index in [-0.39, 0.29) is 13.0 Å². The van der Waals surface area contributed by atoms with Crippen molar-refractivity contribution in [3.63, 3.8) is 0 Å². The van der Waals surface area contributed by atoms with Crippen LogP contribution in [0.2, 0.25) is 0 Å². The summed E-state index contributed by atoms with van der Waals surface area (Å²) >= 11 is 0. The molecule has 4 aromatic rings. The molecule has 0 saturated carbocycles. The lowest BCUT2D eigenvalue weighted by Crippen LogP contribution is -2.52.